The number of imidazole rings is 1. The molecule has 0 radical (unpaired) electrons. The number of halogens is 3. The predicted octanol–water partition coefficient (Wildman–Crippen LogP) is 6.05. The van der Waals surface area contributed by atoms with E-state index >= 15 is 0 Å². The van der Waals surface area contributed by atoms with Gasteiger partial charge in [0.2, 0.25) is 3.79 Å². The van der Waals surface area contributed by atoms with Crippen LogP contribution in [0.5, 0.6) is 0 Å². The van der Waals surface area contributed by atoms with E-state index in [9.17, 15) is 5.11 Å². The lowest BCUT2D eigenvalue weighted by molar-refractivity contribution is 0.276. The highest BCUT2D eigenvalue weighted by atomic mass is 35.6. The summed E-state index contributed by atoms with van der Waals surface area (Å²) in [5.41, 5.74) is 4.04. The predicted molar refractivity (Wildman–Crippen MR) is 109 cm³/mol. The van der Waals surface area contributed by atoms with Crippen molar-refractivity contribution in [3.8, 4) is 21.7 Å². The summed E-state index contributed by atoms with van der Waals surface area (Å²) >= 11 is 19.3. The highest BCUT2D eigenvalue weighted by Gasteiger charge is 2.23. The Bertz CT molecular complexity index is 1050. The number of aliphatic hydroxyl groups is 1. The minimum atomic E-state index is -1.46. The lowest BCUT2D eigenvalue weighted by atomic mass is 10.1. The first-order chi connectivity index (χ1) is 12.5. The van der Waals surface area contributed by atoms with Crippen LogP contribution in [0.4, 0.5) is 0 Å². The second-order valence-corrected chi connectivity index (χ2v) is 9.04. The number of alkyl halides is 3. The summed E-state index contributed by atoms with van der Waals surface area (Å²) in [6.07, 6.45) is 2.01. The van der Waals surface area contributed by atoms with E-state index in [0.29, 0.717) is 5.56 Å². The Morgan fingerprint density at radius 1 is 0.962 bits per heavy atom. The summed E-state index contributed by atoms with van der Waals surface area (Å²) in [7, 11) is 0. The van der Waals surface area contributed by atoms with Crippen LogP contribution in [0.25, 0.3) is 26.7 Å². The average molecular weight is 424 g/mol. The summed E-state index contributed by atoms with van der Waals surface area (Å²) in [4.78, 5) is 6.64. The molecule has 26 heavy (non-hydrogen) atoms. The fraction of sp³-hybridized carbons (Fsp3) is 0.105. The van der Waals surface area contributed by atoms with E-state index < -0.39 is 3.79 Å². The standard InChI is InChI=1S/C19H13Cl3N2OS/c20-19(21,22)14-8-6-13(7-9-14)17-15(11-25)24-10-16(26-18(24)23-17)12-4-2-1-3-5-12/h1-10,25H,11H2. The number of aliphatic hydroxyl groups excluding tert-OH is 1. The van der Waals surface area contributed by atoms with Crippen LogP contribution in [0.15, 0.2) is 60.8 Å². The van der Waals surface area contributed by atoms with Crippen molar-refractivity contribution in [2.45, 2.75) is 10.4 Å². The van der Waals surface area contributed by atoms with Crippen molar-refractivity contribution in [3.05, 3.63) is 72.1 Å². The monoisotopic (exact) mass is 422 g/mol. The largest absolute Gasteiger partial charge is 0.390 e. The molecule has 0 aliphatic heterocycles. The molecule has 0 spiro atoms. The quantitative estimate of drug-likeness (QED) is 0.407. The summed E-state index contributed by atoms with van der Waals surface area (Å²) in [6, 6.07) is 17.3. The Hall–Kier alpha value is -1.56. The maximum Gasteiger partial charge on any atom is 0.216 e. The van der Waals surface area contributed by atoms with Gasteiger partial charge in [0.05, 0.1) is 22.9 Å². The molecule has 2 aromatic carbocycles. The smallest absolute Gasteiger partial charge is 0.216 e. The summed E-state index contributed by atoms with van der Waals surface area (Å²) in [5.74, 6) is 0. The molecule has 0 amide bonds. The molecule has 0 bridgehead atoms. The number of aromatic nitrogens is 2. The molecular weight excluding hydrogens is 411 g/mol. The molecule has 0 saturated heterocycles. The van der Waals surface area contributed by atoms with Gasteiger partial charge >= 0.3 is 0 Å². The van der Waals surface area contributed by atoms with Crippen LogP contribution in [0.2, 0.25) is 0 Å². The van der Waals surface area contributed by atoms with E-state index in [0.717, 1.165) is 32.4 Å². The fourth-order valence-electron chi connectivity index (χ4n) is 2.83. The van der Waals surface area contributed by atoms with Gasteiger partial charge in [-0.2, -0.15) is 0 Å². The molecule has 0 fully saturated rings. The van der Waals surface area contributed by atoms with Gasteiger partial charge in [0.1, 0.15) is 0 Å². The van der Waals surface area contributed by atoms with Gasteiger partial charge in [-0.3, -0.25) is 4.40 Å². The molecule has 0 saturated carbocycles. The maximum atomic E-state index is 9.91. The topological polar surface area (TPSA) is 37.5 Å². The van der Waals surface area contributed by atoms with Gasteiger partial charge in [-0.05, 0) is 5.56 Å². The molecule has 132 valence electrons. The molecule has 4 aromatic rings. The molecule has 7 heteroatoms. The van der Waals surface area contributed by atoms with Gasteiger partial charge in [-0.1, -0.05) is 101 Å². The number of hydrogen-bond acceptors (Lipinski definition) is 3. The van der Waals surface area contributed by atoms with Crippen LogP contribution in [-0.4, -0.2) is 14.5 Å². The molecule has 2 aromatic heterocycles. The SMILES string of the molecule is OCc1c(-c2ccc(C(Cl)(Cl)Cl)cc2)nc2sc(-c3ccccc3)cn12. The van der Waals surface area contributed by atoms with Crippen LogP contribution >= 0.6 is 46.1 Å². The molecule has 0 aliphatic carbocycles. The first kappa shape index (κ1) is 17.8. The molecular formula is C19H13Cl3N2OS. The third-order valence-corrected chi connectivity index (χ3v) is 5.81. The van der Waals surface area contributed by atoms with Crippen LogP contribution in [0.1, 0.15) is 11.3 Å². The summed E-state index contributed by atoms with van der Waals surface area (Å²) < 4.78 is 0.475. The molecule has 1 N–H and O–H groups in total. The number of thiazole rings is 1. The number of nitrogens with zero attached hydrogens (tertiary/aromatic N) is 2. The number of rotatable bonds is 3. The van der Waals surface area contributed by atoms with Crippen LogP contribution in [-0.2, 0) is 10.4 Å². The Morgan fingerprint density at radius 3 is 2.27 bits per heavy atom. The van der Waals surface area contributed by atoms with E-state index in [-0.39, 0.29) is 6.61 Å². The molecule has 0 atom stereocenters. The molecule has 0 unspecified atom stereocenters. The lowest BCUT2D eigenvalue weighted by Crippen LogP contribution is -1.99. The third kappa shape index (κ3) is 3.24. The van der Waals surface area contributed by atoms with E-state index in [1.54, 1.807) is 23.5 Å². The Kier molecular flexibility index (Phi) is 4.71. The second kappa shape index (κ2) is 6.87. The van der Waals surface area contributed by atoms with Gasteiger partial charge in [-0.25, -0.2) is 4.98 Å². The fourth-order valence-corrected chi connectivity index (χ4v) is 4.21. The number of fused-ring (bicyclic) bond motifs is 1. The lowest BCUT2D eigenvalue weighted by Gasteiger charge is -2.11. The molecule has 2 heterocycles. The van der Waals surface area contributed by atoms with Crippen LogP contribution in [0, 0.1) is 0 Å². The van der Waals surface area contributed by atoms with Crippen molar-refractivity contribution in [2.75, 3.05) is 0 Å². The Balaban J connectivity index is 1.78. The maximum absolute atomic E-state index is 9.91. The zero-order chi connectivity index (χ0) is 18.3. The summed E-state index contributed by atoms with van der Waals surface area (Å²) in [5, 5.41) is 9.91. The van der Waals surface area contributed by atoms with Gasteiger partial charge < -0.3 is 5.11 Å². The van der Waals surface area contributed by atoms with Crippen molar-refractivity contribution in [2.24, 2.45) is 0 Å². The Morgan fingerprint density at radius 2 is 1.65 bits per heavy atom. The number of hydrogen-bond donors (Lipinski definition) is 1. The zero-order valence-corrected chi connectivity index (χ0v) is 16.4. The average Bonchev–Trinajstić information content (AvgIpc) is 3.19. The van der Waals surface area contributed by atoms with Crippen LogP contribution < -0.4 is 0 Å². The van der Waals surface area contributed by atoms with Crippen molar-refractivity contribution in [1.29, 1.82) is 0 Å². The van der Waals surface area contributed by atoms with Crippen molar-refractivity contribution in [1.82, 2.24) is 9.38 Å². The van der Waals surface area contributed by atoms with Gasteiger partial charge in [0.25, 0.3) is 0 Å². The van der Waals surface area contributed by atoms with Crippen LogP contribution in [0.3, 0.4) is 0 Å². The Labute approximate surface area is 169 Å². The minimum absolute atomic E-state index is 0.117. The second-order valence-electron chi connectivity index (χ2n) is 5.75. The minimum Gasteiger partial charge on any atom is -0.390 e. The molecule has 0 aliphatic rings. The summed E-state index contributed by atoms with van der Waals surface area (Å²) in [6.45, 7) is -0.117. The van der Waals surface area contributed by atoms with E-state index in [1.165, 1.54) is 0 Å². The first-order valence-electron chi connectivity index (χ1n) is 7.82. The van der Waals surface area contributed by atoms with E-state index in [4.69, 9.17) is 39.8 Å². The number of benzene rings is 2. The van der Waals surface area contributed by atoms with Crippen molar-refractivity contribution >= 4 is 51.1 Å². The highest BCUT2D eigenvalue weighted by Crippen LogP contribution is 2.39. The van der Waals surface area contributed by atoms with E-state index in [2.05, 4.69) is 12.1 Å². The van der Waals surface area contributed by atoms with E-state index in [1.807, 2.05) is 40.9 Å². The van der Waals surface area contributed by atoms with Gasteiger partial charge in [0, 0.05) is 17.3 Å². The first-order valence-corrected chi connectivity index (χ1v) is 9.77. The van der Waals surface area contributed by atoms with Crippen molar-refractivity contribution in [3.63, 3.8) is 0 Å². The third-order valence-electron chi connectivity index (χ3n) is 4.12. The normalized spacial score (nSPS) is 12.0. The highest BCUT2D eigenvalue weighted by molar-refractivity contribution is 7.20. The zero-order valence-electron chi connectivity index (χ0n) is 13.4. The van der Waals surface area contributed by atoms with Gasteiger partial charge in [-0.15, -0.1) is 0 Å². The molecule has 3 nitrogen and oxygen atoms in total. The van der Waals surface area contributed by atoms with Crippen molar-refractivity contribution < 1.29 is 5.11 Å². The molecule has 4 rings (SSSR count). The van der Waals surface area contributed by atoms with Gasteiger partial charge in [0.15, 0.2) is 4.96 Å².